The Morgan fingerprint density at radius 2 is 1.84 bits per heavy atom. The van der Waals surface area contributed by atoms with E-state index >= 15 is 0 Å². The van der Waals surface area contributed by atoms with Crippen molar-refractivity contribution in [1.29, 1.82) is 0 Å². The Labute approximate surface area is 211 Å². The fourth-order valence-corrected chi connectivity index (χ4v) is 5.60. The number of β-lactam (4-membered cyclic amide) rings is 1. The van der Waals surface area contributed by atoms with Gasteiger partial charge in [-0.25, -0.2) is 9.59 Å². The second-order valence-corrected chi connectivity index (χ2v) is 8.77. The molecule has 1 aromatic carbocycles. The first-order valence-corrected chi connectivity index (χ1v) is 10.5. The number of anilines is 1. The Morgan fingerprint density at radius 1 is 1.16 bits per heavy atom. The molecule has 2 saturated heterocycles. The monoisotopic (exact) mass is 462 g/mol. The zero-order valence-electron chi connectivity index (χ0n) is 18.1. The molecular formula is C21H19N4NaO5S. The molecule has 3 aliphatic heterocycles. The fourth-order valence-electron chi connectivity index (χ4n) is 4.48. The van der Waals surface area contributed by atoms with Gasteiger partial charge in [-0.3, -0.25) is 14.7 Å². The van der Waals surface area contributed by atoms with E-state index < -0.39 is 18.0 Å². The van der Waals surface area contributed by atoms with Crippen molar-refractivity contribution in [3.8, 4) is 5.75 Å². The maximum absolute atomic E-state index is 12.9. The van der Waals surface area contributed by atoms with Gasteiger partial charge in [0.05, 0.1) is 6.04 Å². The second-order valence-electron chi connectivity index (χ2n) is 7.60. The zero-order valence-corrected chi connectivity index (χ0v) is 20.0. The number of amides is 3. The summed E-state index contributed by atoms with van der Waals surface area (Å²) in [5.74, 6) is -1.48. The molecule has 160 valence electrons. The van der Waals surface area contributed by atoms with Crippen molar-refractivity contribution in [2.45, 2.75) is 23.4 Å². The number of aromatic hydroxyl groups is 1. The number of hydrogen-bond acceptors (Lipinski definition) is 6. The third-order valence-electron chi connectivity index (χ3n) is 5.79. The molecule has 32 heavy (non-hydrogen) atoms. The molecule has 0 unspecified atom stereocenters. The van der Waals surface area contributed by atoms with Crippen LogP contribution in [0.5, 0.6) is 5.75 Å². The minimum Gasteiger partial charge on any atom is -1.00 e. The standard InChI is InChI=1S/C21H18N4O5S.Na.H/c26-13-3-1-12(2-4-13)23-21(30)24-10-11-9-15(31-14-5-7-22-8-6-14)17(20(28)29)25-16(11)18(24)19(25)27;;/h1-8,11,16,18,26H,9-10H2,(H,23,30)(H,28,29);;/q;+1;-1/t11-,16-,18+;;/m1../s1. The summed E-state index contributed by atoms with van der Waals surface area (Å²) in [5, 5.41) is 22.0. The van der Waals surface area contributed by atoms with Gasteiger partial charge in [0.2, 0.25) is 0 Å². The summed E-state index contributed by atoms with van der Waals surface area (Å²) < 4.78 is 0. The van der Waals surface area contributed by atoms with Crippen LogP contribution in [0.15, 0.2) is 64.3 Å². The van der Waals surface area contributed by atoms with Gasteiger partial charge in [-0.15, -0.1) is 0 Å². The molecule has 5 rings (SSSR count). The number of nitrogens with zero attached hydrogens (tertiary/aromatic N) is 3. The molecule has 2 fully saturated rings. The van der Waals surface area contributed by atoms with Gasteiger partial charge in [0.1, 0.15) is 17.5 Å². The molecule has 3 aliphatic rings. The van der Waals surface area contributed by atoms with Crippen LogP contribution in [0, 0.1) is 5.92 Å². The molecule has 0 radical (unpaired) electrons. The third-order valence-corrected chi connectivity index (χ3v) is 6.90. The van der Waals surface area contributed by atoms with E-state index in [-0.39, 0.29) is 60.3 Å². The molecule has 3 amide bonds. The number of hydrogen-bond donors (Lipinski definition) is 3. The van der Waals surface area contributed by atoms with Crippen LogP contribution in [-0.2, 0) is 9.59 Å². The van der Waals surface area contributed by atoms with Crippen LogP contribution in [0.1, 0.15) is 7.85 Å². The van der Waals surface area contributed by atoms with Crippen LogP contribution >= 0.6 is 11.8 Å². The zero-order chi connectivity index (χ0) is 21.7. The van der Waals surface area contributed by atoms with E-state index in [1.54, 1.807) is 36.7 Å². The number of nitrogens with one attached hydrogen (secondary N) is 1. The van der Waals surface area contributed by atoms with E-state index in [9.17, 15) is 24.6 Å². The Kier molecular flexibility index (Phi) is 6.22. The molecule has 0 saturated carbocycles. The van der Waals surface area contributed by atoms with Gasteiger partial charge in [-0.05, 0) is 42.8 Å². The SMILES string of the molecule is O=C(O)C1=C(Sc2ccncc2)C[C@@H]2CN(C(=O)Nc3ccc(O)cc3)[C@@H]3C(=O)N1[C@H]23.[H-].[Na+]. The van der Waals surface area contributed by atoms with E-state index in [0.717, 1.165) is 4.90 Å². The molecule has 9 nitrogen and oxygen atoms in total. The molecule has 0 bridgehead atoms. The first-order valence-electron chi connectivity index (χ1n) is 9.68. The summed E-state index contributed by atoms with van der Waals surface area (Å²) in [4.78, 5) is 46.1. The van der Waals surface area contributed by atoms with E-state index in [0.29, 0.717) is 23.6 Å². The number of likely N-dealkylation sites (tertiary alicyclic amines) is 1. The van der Waals surface area contributed by atoms with Crippen LogP contribution in [0.25, 0.3) is 0 Å². The van der Waals surface area contributed by atoms with Crippen molar-refractivity contribution < 1.29 is 55.6 Å². The Bertz CT molecular complexity index is 1120. The smallest absolute Gasteiger partial charge is 1.00 e. The molecule has 1 aromatic heterocycles. The van der Waals surface area contributed by atoms with Gasteiger partial charge in [-0.1, -0.05) is 11.8 Å². The van der Waals surface area contributed by atoms with Gasteiger partial charge in [0.25, 0.3) is 5.91 Å². The molecule has 3 N–H and O–H groups in total. The fraction of sp³-hybridized carbons (Fsp3) is 0.238. The Balaban J connectivity index is 0.00000153. The number of carboxylic acid groups (broad SMARTS) is 1. The number of aromatic nitrogens is 1. The number of urea groups is 1. The normalized spacial score (nSPS) is 23.2. The number of aliphatic carboxylic acids is 1. The molecule has 4 heterocycles. The number of carbonyl (C=O) groups excluding carboxylic acids is 2. The molecule has 3 atom stereocenters. The van der Waals surface area contributed by atoms with E-state index in [1.807, 2.05) is 0 Å². The first kappa shape index (κ1) is 22.7. The van der Waals surface area contributed by atoms with Gasteiger partial charge in [-0.2, -0.15) is 0 Å². The number of rotatable bonds is 4. The van der Waals surface area contributed by atoms with Crippen molar-refractivity contribution in [2.24, 2.45) is 5.92 Å². The number of carboxylic acids is 1. The summed E-state index contributed by atoms with van der Waals surface area (Å²) in [7, 11) is 0. The minimum absolute atomic E-state index is 0. The maximum Gasteiger partial charge on any atom is 1.00 e. The number of thioether (sulfide) groups is 1. The molecule has 0 spiro atoms. The summed E-state index contributed by atoms with van der Waals surface area (Å²) in [6, 6.07) is 8.22. The molecule has 2 aromatic rings. The van der Waals surface area contributed by atoms with Crippen LogP contribution in [0.4, 0.5) is 10.5 Å². The van der Waals surface area contributed by atoms with Crippen molar-refractivity contribution in [1.82, 2.24) is 14.8 Å². The van der Waals surface area contributed by atoms with Gasteiger partial charge < -0.3 is 21.9 Å². The number of allylic oxidation sites excluding steroid dienone is 1. The average Bonchev–Trinajstić information content (AvgIpc) is 3.12. The Hall–Kier alpha value is -2.53. The average molecular weight is 462 g/mol. The number of phenols is 1. The number of pyridine rings is 1. The van der Waals surface area contributed by atoms with Crippen LogP contribution in [0.3, 0.4) is 0 Å². The van der Waals surface area contributed by atoms with E-state index in [2.05, 4.69) is 10.3 Å². The minimum atomic E-state index is -1.14. The molecule has 0 aliphatic carbocycles. The summed E-state index contributed by atoms with van der Waals surface area (Å²) >= 11 is 1.32. The van der Waals surface area contributed by atoms with E-state index in [4.69, 9.17) is 0 Å². The number of phenolic OH excluding ortho intramolecular Hbond substituents is 1. The topological polar surface area (TPSA) is 123 Å². The van der Waals surface area contributed by atoms with Gasteiger partial charge in [0.15, 0.2) is 0 Å². The predicted molar refractivity (Wildman–Crippen MR) is 112 cm³/mol. The van der Waals surface area contributed by atoms with Crippen molar-refractivity contribution in [2.75, 3.05) is 11.9 Å². The number of carbonyl (C=O) groups is 3. The van der Waals surface area contributed by atoms with Gasteiger partial charge in [0, 0.05) is 40.3 Å². The molecular weight excluding hydrogens is 443 g/mol. The van der Waals surface area contributed by atoms with Crippen LogP contribution < -0.4 is 34.9 Å². The second kappa shape index (κ2) is 8.78. The van der Waals surface area contributed by atoms with Crippen molar-refractivity contribution >= 4 is 35.4 Å². The van der Waals surface area contributed by atoms with E-state index in [1.165, 1.54) is 33.7 Å². The largest absolute Gasteiger partial charge is 1.00 e. The molecule has 11 heteroatoms. The predicted octanol–water partition coefficient (Wildman–Crippen LogP) is -0.561. The van der Waals surface area contributed by atoms with Crippen molar-refractivity contribution in [3.05, 3.63) is 59.4 Å². The Morgan fingerprint density at radius 3 is 2.50 bits per heavy atom. The van der Waals surface area contributed by atoms with Crippen LogP contribution in [0.2, 0.25) is 0 Å². The van der Waals surface area contributed by atoms with Crippen molar-refractivity contribution in [3.63, 3.8) is 0 Å². The van der Waals surface area contributed by atoms with Gasteiger partial charge >= 0.3 is 41.6 Å². The summed E-state index contributed by atoms with van der Waals surface area (Å²) in [6.45, 7) is 0.356. The first-order chi connectivity index (χ1) is 14.9. The third kappa shape index (κ3) is 3.77. The summed E-state index contributed by atoms with van der Waals surface area (Å²) in [6.07, 6.45) is 3.73. The quantitative estimate of drug-likeness (QED) is 0.316. The summed E-state index contributed by atoms with van der Waals surface area (Å²) in [5.41, 5.74) is 0.504. The maximum atomic E-state index is 12.9. The number of benzene rings is 1. The van der Waals surface area contributed by atoms with Crippen LogP contribution in [-0.4, -0.2) is 61.5 Å².